The molecule has 3 rings (SSSR count). The van der Waals surface area contributed by atoms with Gasteiger partial charge in [-0.2, -0.15) is 5.26 Å². The van der Waals surface area contributed by atoms with Crippen molar-refractivity contribution in [1.29, 1.82) is 5.26 Å². The summed E-state index contributed by atoms with van der Waals surface area (Å²) >= 11 is 0. The minimum Gasteiger partial charge on any atom is -0.387 e. The summed E-state index contributed by atoms with van der Waals surface area (Å²) in [6.07, 6.45) is 1.17. The molecule has 0 saturated heterocycles. The summed E-state index contributed by atoms with van der Waals surface area (Å²) in [5.41, 5.74) is 2.67. The van der Waals surface area contributed by atoms with E-state index < -0.39 is 6.10 Å². The van der Waals surface area contributed by atoms with Gasteiger partial charge in [-0.05, 0) is 47.3 Å². The first-order valence-corrected chi connectivity index (χ1v) is 7.60. The van der Waals surface area contributed by atoms with E-state index in [4.69, 9.17) is 5.26 Å². The second kappa shape index (κ2) is 6.57. The average molecular weight is 319 g/mol. The smallest absolute Gasteiger partial charge is 0.251 e. The maximum Gasteiger partial charge on any atom is 0.251 e. The molecule has 1 aromatic heterocycles. The minimum absolute atomic E-state index is 0.105. The van der Waals surface area contributed by atoms with E-state index in [0.717, 1.165) is 16.5 Å². The van der Waals surface area contributed by atoms with Crippen molar-refractivity contribution in [1.82, 2.24) is 9.88 Å². The third-order valence-electron chi connectivity index (χ3n) is 4.00. The Labute approximate surface area is 139 Å². The Hall–Kier alpha value is -3.10. The van der Waals surface area contributed by atoms with Crippen LogP contribution in [0.5, 0.6) is 0 Å². The Kier molecular flexibility index (Phi) is 4.32. The quantitative estimate of drug-likeness (QED) is 0.775. The van der Waals surface area contributed by atoms with E-state index >= 15 is 0 Å². The molecule has 5 heteroatoms. The summed E-state index contributed by atoms with van der Waals surface area (Å²) in [5.74, 6) is -0.313. The molecular weight excluding hydrogens is 302 g/mol. The maximum atomic E-state index is 12.1. The number of nitrogens with one attached hydrogen (secondary N) is 1. The number of nitriles is 1. The van der Waals surface area contributed by atoms with Crippen LogP contribution in [0.1, 0.15) is 27.6 Å². The molecule has 24 heavy (non-hydrogen) atoms. The van der Waals surface area contributed by atoms with E-state index in [9.17, 15) is 9.90 Å². The molecule has 0 saturated carbocycles. The molecule has 0 aliphatic heterocycles. The van der Waals surface area contributed by atoms with Gasteiger partial charge in [-0.25, -0.2) is 0 Å². The minimum atomic E-state index is -0.794. The molecular formula is C19H17N3O2. The number of rotatable bonds is 4. The van der Waals surface area contributed by atoms with Gasteiger partial charge in [0.2, 0.25) is 0 Å². The molecule has 1 heterocycles. The number of aromatic nitrogens is 1. The van der Waals surface area contributed by atoms with Gasteiger partial charge in [0, 0.05) is 30.9 Å². The molecule has 0 aliphatic carbocycles. The van der Waals surface area contributed by atoms with Crippen LogP contribution in [-0.2, 0) is 7.05 Å². The lowest BCUT2D eigenvalue weighted by Crippen LogP contribution is -2.28. The second-order valence-electron chi connectivity index (χ2n) is 5.66. The lowest BCUT2D eigenvalue weighted by molar-refractivity contribution is 0.0916. The largest absolute Gasteiger partial charge is 0.387 e. The molecule has 0 aliphatic rings. The monoisotopic (exact) mass is 319 g/mol. The van der Waals surface area contributed by atoms with Crippen molar-refractivity contribution >= 4 is 16.8 Å². The Balaban J connectivity index is 1.68. The van der Waals surface area contributed by atoms with Crippen LogP contribution in [0.2, 0.25) is 0 Å². The summed E-state index contributed by atoms with van der Waals surface area (Å²) in [6, 6.07) is 16.2. The Bertz CT molecular complexity index is 937. The molecule has 5 nitrogen and oxygen atoms in total. The molecule has 1 atom stereocenters. The molecule has 0 spiro atoms. The van der Waals surface area contributed by atoms with E-state index in [1.54, 1.807) is 18.2 Å². The predicted octanol–water partition coefficient (Wildman–Crippen LogP) is 2.51. The highest BCUT2D eigenvalue weighted by atomic mass is 16.3. The Morgan fingerprint density at radius 1 is 1.29 bits per heavy atom. The number of hydrogen-bond acceptors (Lipinski definition) is 3. The van der Waals surface area contributed by atoms with Crippen LogP contribution >= 0.6 is 0 Å². The fourth-order valence-corrected chi connectivity index (χ4v) is 2.65. The van der Waals surface area contributed by atoms with Gasteiger partial charge in [0.05, 0.1) is 17.7 Å². The van der Waals surface area contributed by atoms with Crippen molar-refractivity contribution < 1.29 is 9.90 Å². The number of carbonyl (C=O) groups is 1. The average Bonchev–Trinajstić information content (AvgIpc) is 2.99. The number of aryl methyl sites for hydroxylation is 1. The van der Waals surface area contributed by atoms with Crippen molar-refractivity contribution in [3.63, 3.8) is 0 Å². The lowest BCUT2D eigenvalue weighted by Gasteiger charge is -2.13. The number of amides is 1. The number of benzene rings is 2. The van der Waals surface area contributed by atoms with Crippen LogP contribution in [0.25, 0.3) is 10.9 Å². The first-order chi connectivity index (χ1) is 11.6. The normalized spacial score (nSPS) is 11.9. The first kappa shape index (κ1) is 15.8. The highest BCUT2D eigenvalue weighted by Crippen LogP contribution is 2.20. The predicted molar refractivity (Wildman–Crippen MR) is 91.4 cm³/mol. The fraction of sp³-hybridized carbons (Fsp3) is 0.158. The molecule has 0 radical (unpaired) electrons. The summed E-state index contributed by atoms with van der Waals surface area (Å²) in [7, 11) is 1.97. The van der Waals surface area contributed by atoms with E-state index in [1.165, 1.54) is 6.07 Å². The summed E-state index contributed by atoms with van der Waals surface area (Å²) in [5, 5.41) is 22.9. The Morgan fingerprint density at radius 2 is 2.12 bits per heavy atom. The van der Waals surface area contributed by atoms with Crippen LogP contribution in [0, 0.1) is 11.3 Å². The third-order valence-corrected chi connectivity index (χ3v) is 4.00. The zero-order chi connectivity index (χ0) is 17.1. The standard InChI is InChI=1S/C19H17N3O2/c1-22-8-7-14-10-15(5-6-17(14)22)18(23)12-21-19(24)16-4-2-3-13(9-16)11-20/h2-10,18,23H,12H2,1H3,(H,21,24). The molecule has 1 amide bonds. The zero-order valence-corrected chi connectivity index (χ0v) is 13.2. The third kappa shape index (κ3) is 3.14. The summed E-state index contributed by atoms with van der Waals surface area (Å²) in [6.45, 7) is 0.105. The van der Waals surface area contributed by atoms with Crippen LogP contribution < -0.4 is 5.32 Å². The van der Waals surface area contributed by atoms with Crippen molar-refractivity contribution in [2.24, 2.45) is 7.05 Å². The van der Waals surface area contributed by atoms with Crippen molar-refractivity contribution in [2.45, 2.75) is 6.10 Å². The van der Waals surface area contributed by atoms with Crippen LogP contribution in [0.4, 0.5) is 0 Å². The number of hydrogen-bond donors (Lipinski definition) is 2. The molecule has 0 fully saturated rings. The molecule has 0 bridgehead atoms. The van der Waals surface area contributed by atoms with Gasteiger partial charge >= 0.3 is 0 Å². The molecule has 3 aromatic rings. The summed E-state index contributed by atoms with van der Waals surface area (Å²) in [4.78, 5) is 12.1. The van der Waals surface area contributed by atoms with Gasteiger partial charge in [-0.3, -0.25) is 4.79 Å². The van der Waals surface area contributed by atoms with Crippen molar-refractivity contribution in [3.05, 3.63) is 71.4 Å². The lowest BCUT2D eigenvalue weighted by atomic mass is 10.1. The number of carbonyl (C=O) groups excluding carboxylic acids is 1. The number of aliphatic hydroxyl groups excluding tert-OH is 1. The molecule has 120 valence electrons. The van der Waals surface area contributed by atoms with Crippen molar-refractivity contribution in [2.75, 3.05) is 6.54 Å². The number of aliphatic hydroxyl groups is 1. The van der Waals surface area contributed by atoms with Crippen LogP contribution in [0.15, 0.2) is 54.7 Å². The number of nitrogens with zero attached hydrogens (tertiary/aromatic N) is 2. The van der Waals surface area contributed by atoms with E-state index in [0.29, 0.717) is 11.1 Å². The van der Waals surface area contributed by atoms with Gasteiger partial charge in [0.25, 0.3) is 5.91 Å². The van der Waals surface area contributed by atoms with Gasteiger partial charge in [-0.1, -0.05) is 12.1 Å². The van der Waals surface area contributed by atoms with E-state index in [-0.39, 0.29) is 12.5 Å². The highest BCUT2D eigenvalue weighted by Gasteiger charge is 2.12. The van der Waals surface area contributed by atoms with Crippen LogP contribution in [-0.4, -0.2) is 22.1 Å². The van der Waals surface area contributed by atoms with Gasteiger partial charge < -0.3 is 15.0 Å². The van der Waals surface area contributed by atoms with E-state index in [2.05, 4.69) is 5.32 Å². The maximum absolute atomic E-state index is 12.1. The zero-order valence-electron chi connectivity index (χ0n) is 13.2. The topological polar surface area (TPSA) is 78.0 Å². The van der Waals surface area contributed by atoms with Crippen LogP contribution in [0.3, 0.4) is 0 Å². The van der Waals surface area contributed by atoms with Gasteiger partial charge in [0.1, 0.15) is 0 Å². The molecule has 1 unspecified atom stereocenters. The van der Waals surface area contributed by atoms with E-state index in [1.807, 2.05) is 48.1 Å². The van der Waals surface area contributed by atoms with Crippen molar-refractivity contribution in [3.8, 4) is 6.07 Å². The first-order valence-electron chi connectivity index (χ1n) is 7.60. The molecule has 2 aromatic carbocycles. The SMILES string of the molecule is Cn1ccc2cc(C(O)CNC(=O)c3cccc(C#N)c3)ccc21. The van der Waals surface area contributed by atoms with Gasteiger partial charge in [-0.15, -0.1) is 0 Å². The van der Waals surface area contributed by atoms with Gasteiger partial charge in [0.15, 0.2) is 0 Å². The Morgan fingerprint density at radius 3 is 2.92 bits per heavy atom. The number of fused-ring (bicyclic) bond motifs is 1. The second-order valence-corrected chi connectivity index (χ2v) is 5.66. The summed E-state index contributed by atoms with van der Waals surface area (Å²) < 4.78 is 2.01. The molecule has 2 N–H and O–H groups in total. The highest BCUT2D eigenvalue weighted by molar-refractivity contribution is 5.94. The fourth-order valence-electron chi connectivity index (χ4n) is 2.65.